The van der Waals surface area contributed by atoms with Gasteiger partial charge in [0.05, 0.1) is 10.6 Å². The van der Waals surface area contributed by atoms with Crippen molar-refractivity contribution in [2.24, 2.45) is 0 Å². The molecule has 0 unspecified atom stereocenters. The summed E-state index contributed by atoms with van der Waals surface area (Å²) in [5, 5.41) is 10.9. The highest BCUT2D eigenvalue weighted by molar-refractivity contribution is 6.33. The Morgan fingerprint density at radius 1 is 1.16 bits per heavy atom. The highest BCUT2D eigenvalue weighted by Gasteiger charge is 2.27. The van der Waals surface area contributed by atoms with Crippen LogP contribution in [0.2, 0.25) is 15.1 Å². The molecule has 2 aromatic rings. The van der Waals surface area contributed by atoms with E-state index < -0.39 is 0 Å². The van der Waals surface area contributed by atoms with Gasteiger partial charge < -0.3 is 9.80 Å². The van der Waals surface area contributed by atoms with Crippen molar-refractivity contribution in [2.45, 2.75) is 19.0 Å². The summed E-state index contributed by atoms with van der Waals surface area (Å²) in [6.07, 6.45) is 1.06. The fourth-order valence-electron chi connectivity index (χ4n) is 3.22. The molecule has 0 radical (unpaired) electrons. The lowest BCUT2D eigenvalue weighted by Crippen LogP contribution is -2.36. The molecule has 3 nitrogen and oxygen atoms in total. The maximum Gasteiger partial charge on any atom is 0.101 e. The van der Waals surface area contributed by atoms with Gasteiger partial charge in [0.15, 0.2) is 0 Å². The number of anilines is 1. The molecular formula is C19H18Cl3N3. The van der Waals surface area contributed by atoms with Gasteiger partial charge in [0, 0.05) is 34.9 Å². The summed E-state index contributed by atoms with van der Waals surface area (Å²) in [6, 6.07) is 13.5. The van der Waals surface area contributed by atoms with Crippen LogP contribution in [0.3, 0.4) is 0 Å². The average Bonchev–Trinajstić information content (AvgIpc) is 3.01. The van der Waals surface area contributed by atoms with Gasteiger partial charge in [-0.1, -0.05) is 34.8 Å². The normalized spacial score (nSPS) is 17.5. The first-order valence-electron chi connectivity index (χ1n) is 8.06. The molecule has 0 bridgehead atoms. The first kappa shape index (κ1) is 18.4. The van der Waals surface area contributed by atoms with E-state index in [4.69, 9.17) is 40.1 Å². The number of nitrogens with zero attached hydrogens (tertiary/aromatic N) is 3. The van der Waals surface area contributed by atoms with E-state index in [-0.39, 0.29) is 0 Å². The smallest absolute Gasteiger partial charge is 0.101 e. The topological polar surface area (TPSA) is 30.3 Å². The Morgan fingerprint density at radius 2 is 1.96 bits per heavy atom. The molecule has 1 aliphatic rings. The Bertz CT molecular complexity index is 816. The highest BCUT2D eigenvalue weighted by Crippen LogP contribution is 2.31. The van der Waals surface area contributed by atoms with Crippen LogP contribution in [0.25, 0.3) is 0 Å². The van der Waals surface area contributed by atoms with Crippen LogP contribution >= 0.6 is 34.8 Å². The number of likely N-dealkylation sites (N-methyl/N-ethyl adjacent to an activating group) is 1. The molecule has 1 saturated heterocycles. The minimum Gasteiger partial charge on any atom is -0.363 e. The number of rotatable bonds is 4. The standard InChI is InChI=1S/C19H18Cl3N3/c1-24-7-6-17(12-24)25(11-14-8-15(20)3-5-18(14)21)16-4-2-13(10-23)19(22)9-16/h2-5,8-9,17H,6-7,11-12H2,1H3/t17-/m0/s1. The van der Waals surface area contributed by atoms with Crippen LogP contribution in [0.15, 0.2) is 36.4 Å². The lowest BCUT2D eigenvalue weighted by Gasteiger charge is -2.32. The van der Waals surface area contributed by atoms with Gasteiger partial charge in [-0.2, -0.15) is 5.26 Å². The van der Waals surface area contributed by atoms with Gasteiger partial charge in [-0.05, 0) is 62.0 Å². The van der Waals surface area contributed by atoms with Gasteiger partial charge in [-0.3, -0.25) is 0 Å². The molecule has 0 aliphatic carbocycles. The highest BCUT2D eigenvalue weighted by atomic mass is 35.5. The molecular weight excluding hydrogens is 377 g/mol. The maximum absolute atomic E-state index is 9.11. The van der Waals surface area contributed by atoms with E-state index in [9.17, 15) is 0 Å². The van der Waals surface area contributed by atoms with Crippen LogP contribution < -0.4 is 4.90 Å². The number of halogens is 3. The Balaban J connectivity index is 1.97. The summed E-state index contributed by atoms with van der Waals surface area (Å²) in [4.78, 5) is 4.61. The van der Waals surface area contributed by atoms with E-state index in [2.05, 4.69) is 22.9 Å². The maximum atomic E-state index is 9.11. The number of benzene rings is 2. The summed E-state index contributed by atoms with van der Waals surface area (Å²) in [6.45, 7) is 2.66. The van der Waals surface area contributed by atoms with Gasteiger partial charge in [0.25, 0.3) is 0 Å². The van der Waals surface area contributed by atoms with E-state index >= 15 is 0 Å². The van der Waals surface area contributed by atoms with E-state index in [1.54, 1.807) is 12.1 Å². The third kappa shape index (κ3) is 4.22. The molecule has 3 rings (SSSR count). The predicted octanol–water partition coefficient (Wildman–Crippen LogP) is 5.23. The fourth-order valence-corrected chi connectivity index (χ4v) is 3.81. The van der Waals surface area contributed by atoms with E-state index in [1.807, 2.05) is 24.3 Å². The Morgan fingerprint density at radius 3 is 2.60 bits per heavy atom. The number of likely N-dealkylation sites (tertiary alicyclic amines) is 1. The first-order chi connectivity index (χ1) is 12.0. The van der Waals surface area contributed by atoms with Crippen molar-refractivity contribution in [3.8, 4) is 6.07 Å². The third-order valence-electron chi connectivity index (χ3n) is 4.56. The zero-order valence-corrected chi connectivity index (χ0v) is 16.1. The molecule has 0 aromatic heterocycles. The summed E-state index contributed by atoms with van der Waals surface area (Å²) in [7, 11) is 2.12. The molecule has 0 N–H and O–H groups in total. The summed E-state index contributed by atoms with van der Waals surface area (Å²) in [5.74, 6) is 0. The molecule has 130 valence electrons. The average molecular weight is 395 g/mol. The van der Waals surface area contributed by atoms with Gasteiger partial charge >= 0.3 is 0 Å². The number of nitriles is 1. The Kier molecular flexibility index (Phi) is 5.76. The molecule has 0 spiro atoms. The molecule has 1 fully saturated rings. The van der Waals surface area contributed by atoms with E-state index in [0.29, 0.717) is 33.2 Å². The molecule has 1 aliphatic heterocycles. The summed E-state index contributed by atoms with van der Waals surface area (Å²) in [5.41, 5.74) is 2.44. The van der Waals surface area contributed by atoms with Crippen molar-refractivity contribution < 1.29 is 0 Å². The van der Waals surface area contributed by atoms with Crippen LogP contribution in [-0.4, -0.2) is 31.1 Å². The zero-order chi connectivity index (χ0) is 18.0. The molecule has 2 aromatic carbocycles. The number of hydrogen-bond acceptors (Lipinski definition) is 3. The van der Waals surface area contributed by atoms with Crippen molar-refractivity contribution in [3.05, 3.63) is 62.6 Å². The van der Waals surface area contributed by atoms with Gasteiger partial charge in [-0.15, -0.1) is 0 Å². The van der Waals surface area contributed by atoms with Crippen molar-refractivity contribution in [2.75, 3.05) is 25.0 Å². The van der Waals surface area contributed by atoms with Gasteiger partial charge in [0.2, 0.25) is 0 Å². The van der Waals surface area contributed by atoms with Crippen molar-refractivity contribution >= 4 is 40.5 Å². The number of hydrogen-bond donors (Lipinski definition) is 0. The molecule has 6 heteroatoms. The SMILES string of the molecule is CN1CC[C@H](N(Cc2cc(Cl)ccc2Cl)c2ccc(C#N)c(Cl)c2)C1. The Hall–Kier alpha value is -1.44. The van der Waals surface area contributed by atoms with Crippen LogP contribution in [0.4, 0.5) is 5.69 Å². The second-order valence-corrected chi connectivity index (χ2v) is 7.60. The first-order valence-corrected chi connectivity index (χ1v) is 9.20. The quantitative estimate of drug-likeness (QED) is 0.711. The lowest BCUT2D eigenvalue weighted by molar-refractivity contribution is 0.407. The van der Waals surface area contributed by atoms with E-state index in [0.717, 1.165) is 30.8 Å². The second-order valence-electron chi connectivity index (χ2n) is 6.34. The van der Waals surface area contributed by atoms with Crippen molar-refractivity contribution in [1.82, 2.24) is 4.90 Å². The molecule has 25 heavy (non-hydrogen) atoms. The van der Waals surface area contributed by atoms with Crippen LogP contribution in [0, 0.1) is 11.3 Å². The minimum absolute atomic E-state index is 0.351. The third-order valence-corrected chi connectivity index (χ3v) is 5.48. The minimum atomic E-state index is 0.351. The fraction of sp³-hybridized carbons (Fsp3) is 0.316. The van der Waals surface area contributed by atoms with Crippen LogP contribution in [0.5, 0.6) is 0 Å². The zero-order valence-electron chi connectivity index (χ0n) is 13.8. The van der Waals surface area contributed by atoms with E-state index in [1.165, 1.54) is 0 Å². The van der Waals surface area contributed by atoms with Crippen LogP contribution in [-0.2, 0) is 6.54 Å². The molecule has 0 saturated carbocycles. The second kappa shape index (κ2) is 7.85. The largest absolute Gasteiger partial charge is 0.363 e. The predicted molar refractivity (Wildman–Crippen MR) is 105 cm³/mol. The lowest BCUT2D eigenvalue weighted by atomic mass is 10.1. The monoisotopic (exact) mass is 393 g/mol. The molecule has 1 atom stereocenters. The van der Waals surface area contributed by atoms with Crippen LogP contribution in [0.1, 0.15) is 17.5 Å². The molecule has 1 heterocycles. The van der Waals surface area contributed by atoms with Gasteiger partial charge in [0.1, 0.15) is 6.07 Å². The van der Waals surface area contributed by atoms with Crippen molar-refractivity contribution in [1.29, 1.82) is 5.26 Å². The summed E-state index contributed by atoms with van der Waals surface area (Å²) >= 11 is 18.8. The Labute approximate surface area is 163 Å². The van der Waals surface area contributed by atoms with Crippen molar-refractivity contribution in [3.63, 3.8) is 0 Å². The van der Waals surface area contributed by atoms with Gasteiger partial charge in [-0.25, -0.2) is 0 Å². The summed E-state index contributed by atoms with van der Waals surface area (Å²) < 4.78 is 0. The molecule has 0 amide bonds.